The van der Waals surface area contributed by atoms with Crippen LogP contribution in [-0.2, 0) is 0 Å². The molecule has 2 heterocycles. The summed E-state index contributed by atoms with van der Waals surface area (Å²) in [5.41, 5.74) is 9.01. The van der Waals surface area contributed by atoms with Crippen molar-refractivity contribution < 1.29 is 4.42 Å². The highest BCUT2D eigenvalue weighted by Crippen LogP contribution is 2.42. The third-order valence-electron chi connectivity index (χ3n) is 10.7. The van der Waals surface area contributed by atoms with Crippen molar-refractivity contribution in [2.75, 3.05) is 0 Å². The molecular formula is C51H31N3O. The molecule has 4 heteroatoms. The summed E-state index contributed by atoms with van der Waals surface area (Å²) < 4.78 is 6.69. The maximum absolute atomic E-state index is 6.69. The quantitative estimate of drug-likeness (QED) is 0.179. The largest absolute Gasteiger partial charge is 0.455 e. The Morgan fingerprint density at radius 1 is 0.291 bits per heavy atom. The third-order valence-corrected chi connectivity index (χ3v) is 10.7. The van der Waals surface area contributed by atoms with Gasteiger partial charge in [0.15, 0.2) is 17.5 Å². The molecule has 0 amide bonds. The van der Waals surface area contributed by atoms with Crippen molar-refractivity contribution in [3.63, 3.8) is 0 Å². The number of benzene rings is 9. The van der Waals surface area contributed by atoms with Crippen LogP contribution in [0.4, 0.5) is 0 Å². The van der Waals surface area contributed by atoms with Crippen molar-refractivity contribution in [3.8, 4) is 56.4 Å². The van der Waals surface area contributed by atoms with Gasteiger partial charge in [-0.2, -0.15) is 0 Å². The Kier molecular flexibility index (Phi) is 7.14. The van der Waals surface area contributed by atoms with Gasteiger partial charge in [0, 0.05) is 33.0 Å². The number of hydrogen-bond donors (Lipinski definition) is 0. The van der Waals surface area contributed by atoms with Crippen molar-refractivity contribution in [2.24, 2.45) is 0 Å². The molecule has 2 aromatic heterocycles. The van der Waals surface area contributed by atoms with E-state index in [9.17, 15) is 0 Å². The molecule has 0 bridgehead atoms. The highest BCUT2D eigenvalue weighted by Gasteiger charge is 2.19. The SMILES string of the molecule is c1ccc(-c2ccc3ccc(-c4nc(-c5ccc6ccccc6c5)nc(-c5ccc6oc7c(-c8ccccc8)c8ccccc8cc7c6c5)n4)cc3c2)cc1. The fraction of sp³-hybridized carbons (Fsp3) is 0. The van der Waals surface area contributed by atoms with Crippen LogP contribution in [0.5, 0.6) is 0 Å². The topological polar surface area (TPSA) is 51.8 Å². The van der Waals surface area contributed by atoms with E-state index in [1.165, 1.54) is 16.5 Å². The molecule has 0 aliphatic rings. The van der Waals surface area contributed by atoms with E-state index >= 15 is 0 Å². The molecule has 0 atom stereocenters. The second-order valence-electron chi connectivity index (χ2n) is 14.0. The van der Waals surface area contributed by atoms with Crippen LogP contribution in [0.15, 0.2) is 192 Å². The van der Waals surface area contributed by atoms with E-state index in [-0.39, 0.29) is 0 Å². The number of rotatable bonds is 5. The van der Waals surface area contributed by atoms with Crippen LogP contribution >= 0.6 is 0 Å². The van der Waals surface area contributed by atoms with Crippen LogP contribution in [-0.4, -0.2) is 15.0 Å². The summed E-state index contributed by atoms with van der Waals surface area (Å²) >= 11 is 0. The third kappa shape index (κ3) is 5.43. The fourth-order valence-electron chi connectivity index (χ4n) is 7.89. The zero-order chi connectivity index (χ0) is 36.3. The molecular weight excluding hydrogens is 671 g/mol. The Balaban J connectivity index is 1.11. The lowest BCUT2D eigenvalue weighted by molar-refractivity contribution is 0.670. The summed E-state index contributed by atoms with van der Waals surface area (Å²) in [6.45, 7) is 0. The van der Waals surface area contributed by atoms with Gasteiger partial charge in [-0.05, 0) is 91.5 Å². The van der Waals surface area contributed by atoms with Crippen molar-refractivity contribution in [3.05, 3.63) is 188 Å². The highest BCUT2D eigenvalue weighted by molar-refractivity contribution is 6.18. The lowest BCUT2D eigenvalue weighted by Crippen LogP contribution is -2.00. The first-order valence-electron chi connectivity index (χ1n) is 18.5. The van der Waals surface area contributed by atoms with Crippen LogP contribution in [0.2, 0.25) is 0 Å². The zero-order valence-corrected chi connectivity index (χ0v) is 29.6. The number of nitrogens with zero attached hydrogens (tertiary/aromatic N) is 3. The van der Waals surface area contributed by atoms with E-state index in [2.05, 4.69) is 170 Å². The first kappa shape index (κ1) is 31.1. The van der Waals surface area contributed by atoms with E-state index in [4.69, 9.17) is 19.4 Å². The van der Waals surface area contributed by atoms with E-state index in [1.54, 1.807) is 0 Å². The average molecular weight is 702 g/mol. The molecule has 4 nitrogen and oxygen atoms in total. The van der Waals surface area contributed by atoms with Crippen molar-refractivity contribution in [1.82, 2.24) is 15.0 Å². The maximum Gasteiger partial charge on any atom is 0.164 e. The van der Waals surface area contributed by atoms with Crippen LogP contribution in [0.25, 0.3) is 111 Å². The van der Waals surface area contributed by atoms with Gasteiger partial charge in [-0.3, -0.25) is 0 Å². The minimum Gasteiger partial charge on any atom is -0.455 e. The molecule has 55 heavy (non-hydrogen) atoms. The zero-order valence-electron chi connectivity index (χ0n) is 29.6. The molecule has 256 valence electrons. The molecule has 0 fully saturated rings. The van der Waals surface area contributed by atoms with Crippen molar-refractivity contribution >= 4 is 54.3 Å². The molecule has 11 rings (SSSR count). The average Bonchev–Trinajstić information content (AvgIpc) is 3.62. The predicted octanol–water partition coefficient (Wildman–Crippen LogP) is 13.6. The molecule has 0 radical (unpaired) electrons. The summed E-state index contributed by atoms with van der Waals surface area (Å²) in [4.78, 5) is 15.5. The molecule has 0 N–H and O–H groups in total. The number of furan rings is 1. The molecule has 0 spiro atoms. The van der Waals surface area contributed by atoms with Gasteiger partial charge in [0.25, 0.3) is 0 Å². The Labute approximate surface area is 317 Å². The number of aromatic nitrogens is 3. The second-order valence-corrected chi connectivity index (χ2v) is 14.0. The minimum absolute atomic E-state index is 0.603. The molecule has 9 aromatic carbocycles. The summed E-state index contributed by atoms with van der Waals surface area (Å²) in [6.07, 6.45) is 0. The van der Waals surface area contributed by atoms with E-state index in [0.717, 1.165) is 76.7 Å². The molecule has 0 aliphatic carbocycles. The van der Waals surface area contributed by atoms with Gasteiger partial charge in [0.2, 0.25) is 0 Å². The van der Waals surface area contributed by atoms with Crippen LogP contribution in [0, 0.1) is 0 Å². The van der Waals surface area contributed by atoms with Crippen LogP contribution in [0.3, 0.4) is 0 Å². The molecule has 0 unspecified atom stereocenters. The molecule has 0 saturated heterocycles. The second kappa shape index (κ2) is 12.6. The Morgan fingerprint density at radius 3 is 1.51 bits per heavy atom. The standard InChI is InChI=1S/C51H31N3O/c1-3-11-32(12-4-1)37-22-19-34-21-24-40(29-42(34)28-37)50-52-49(39-23-20-33-13-7-8-16-36(33)27-39)53-51(54-50)41-25-26-46-44(31-41)45-30-38-17-9-10-18-43(38)47(48(45)55-46)35-14-5-2-6-15-35/h1-31H. The lowest BCUT2D eigenvalue weighted by Gasteiger charge is -2.10. The van der Waals surface area contributed by atoms with E-state index < -0.39 is 0 Å². The Morgan fingerprint density at radius 2 is 0.800 bits per heavy atom. The summed E-state index contributed by atoms with van der Waals surface area (Å²) in [5.74, 6) is 1.85. The van der Waals surface area contributed by atoms with Gasteiger partial charge in [-0.25, -0.2) is 15.0 Å². The van der Waals surface area contributed by atoms with E-state index in [0.29, 0.717) is 17.5 Å². The van der Waals surface area contributed by atoms with Crippen molar-refractivity contribution in [2.45, 2.75) is 0 Å². The summed E-state index contributed by atoms with van der Waals surface area (Å²) in [5, 5.41) is 8.99. The number of hydrogen-bond acceptors (Lipinski definition) is 4. The highest BCUT2D eigenvalue weighted by atomic mass is 16.3. The maximum atomic E-state index is 6.69. The molecule has 0 saturated carbocycles. The van der Waals surface area contributed by atoms with E-state index in [1.807, 2.05) is 18.2 Å². The van der Waals surface area contributed by atoms with Gasteiger partial charge in [-0.15, -0.1) is 0 Å². The monoisotopic (exact) mass is 701 g/mol. The number of fused-ring (bicyclic) bond motifs is 6. The lowest BCUT2D eigenvalue weighted by atomic mass is 9.95. The first-order valence-corrected chi connectivity index (χ1v) is 18.5. The Bertz CT molecular complexity index is 3260. The fourth-order valence-corrected chi connectivity index (χ4v) is 7.89. The molecule has 11 aromatic rings. The van der Waals surface area contributed by atoms with Crippen molar-refractivity contribution in [1.29, 1.82) is 0 Å². The van der Waals surface area contributed by atoms with Gasteiger partial charge >= 0.3 is 0 Å². The summed E-state index contributed by atoms with van der Waals surface area (Å²) in [7, 11) is 0. The predicted molar refractivity (Wildman–Crippen MR) is 227 cm³/mol. The van der Waals surface area contributed by atoms with Gasteiger partial charge in [0.1, 0.15) is 11.2 Å². The van der Waals surface area contributed by atoms with Crippen LogP contribution in [0.1, 0.15) is 0 Å². The smallest absolute Gasteiger partial charge is 0.164 e. The van der Waals surface area contributed by atoms with Gasteiger partial charge in [-0.1, -0.05) is 146 Å². The normalized spacial score (nSPS) is 11.6. The Hall–Kier alpha value is -7.43. The summed E-state index contributed by atoms with van der Waals surface area (Å²) in [6, 6.07) is 65.8. The first-order chi connectivity index (χ1) is 27.2. The van der Waals surface area contributed by atoms with Crippen LogP contribution < -0.4 is 0 Å². The molecule has 0 aliphatic heterocycles. The minimum atomic E-state index is 0.603. The van der Waals surface area contributed by atoms with Gasteiger partial charge in [0.05, 0.1) is 0 Å². The van der Waals surface area contributed by atoms with Gasteiger partial charge < -0.3 is 4.42 Å².